The molecule has 140 valence electrons. The Morgan fingerprint density at radius 2 is 1.73 bits per heavy atom. The molecule has 1 aromatic rings. The van der Waals surface area contributed by atoms with Crippen molar-refractivity contribution in [3.05, 3.63) is 35.9 Å². The average molecular weight is 361 g/mol. The van der Waals surface area contributed by atoms with Gasteiger partial charge in [0.05, 0.1) is 31.8 Å². The highest BCUT2D eigenvalue weighted by molar-refractivity contribution is 6.10. The number of esters is 2. The van der Waals surface area contributed by atoms with Crippen LogP contribution in [0.2, 0.25) is 0 Å². The number of hydrogen-bond acceptors (Lipinski definition) is 6. The van der Waals surface area contributed by atoms with E-state index in [4.69, 9.17) is 14.2 Å². The van der Waals surface area contributed by atoms with E-state index in [1.54, 1.807) is 44.2 Å². The lowest BCUT2D eigenvalue weighted by Crippen LogP contribution is -2.53. The third-order valence-corrected chi connectivity index (χ3v) is 4.93. The van der Waals surface area contributed by atoms with Crippen LogP contribution in [-0.2, 0) is 28.6 Å². The molecule has 2 heterocycles. The summed E-state index contributed by atoms with van der Waals surface area (Å²) in [6, 6.07) is 8.53. The highest BCUT2D eigenvalue weighted by Crippen LogP contribution is 2.53. The summed E-state index contributed by atoms with van der Waals surface area (Å²) in [7, 11) is 0. The van der Waals surface area contributed by atoms with Crippen LogP contribution >= 0.6 is 0 Å². The highest BCUT2D eigenvalue weighted by Gasteiger charge is 2.73. The lowest BCUT2D eigenvalue weighted by Gasteiger charge is -2.32. The molecular formula is C19H23NO6. The van der Waals surface area contributed by atoms with Crippen LogP contribution in [-0.4, -0.2) is 54.8 Å². The predicted molar refractivity (Wildman–Crippen MR) is 90.9 cm³/mol. The van der Waals surface area contributed by atoms with E-state index < -0.39 is 29.5 Å². The Kier molecular flexibility index (Phi) is 5.00. The number of carbonyl (C=O) groups is 3. The van der Waals surface area contributed by atoms with Crippen LogP contribution in [0.5, 0.6) is 0 Å². The van der Waals surface area contributed by atoms with Gasteiger partial charge in [0, 0.05) is 0 Å². The summed E-state index contributed by atoms with van der Waals surface area (Å²) in [5.74, 6) is -2.95. The maximum Gasteiger partial charge on any atom is 0.329 e. The van der Waals surface area contributed by atoms with Crippen LogP contribution < -0.4 is 0 Å². The molecule has 0 N–H and O–H groups in total. The minimum atomic E-state index is -1.88. The number of nitrogens with zero attached hydrogens (tertiary/aromatic N) is 1. The van der Waals surface area contributed by atoms with E-state index in [1.807, 2.05) is 6.92 Å². The Balaban J connectivity index is 2.22. The molecule has 3 atom stereocenters. The van der Waals surface area contributed by atoms with Gasteiger partial charge in [-0.05, 0) is 26.3 Å². The standard InChI is InChI=1S/C19H23NO6/c1-4-24-17(22)19(18(23)25-5-2)14(13-9-7-6-8-10-13)15(21)20-12(3)11-26-16(19)20/h6-10,12,14,16H,4-5,11H2,1-3H3/t12-,14-,16?/m0/s1. The quantitative estimate of drug-likeness (QED) is 0.583. The van der Waals surface area contributed by atoms with Crippen LogP contribution in [0, 0.1) is 5.41 Å². The van der Waals surface area contributed by atoms with Crippen molar-refractivity contribution in [2.75, 3.05) is 19.8 Å². The molecule has 2 fully saturated rings. The van der Waals surface area contributed by atoms with E-state index in [9.17, 15) is 14.4 Å². The van der Waals surface area contributed by atoms with Gasteiger partial charge in [-0.2, -0.15) is 0 Å². The van der Waals surface area contributed by atoms with Gasteiger partial charge >= 0.3 is 11.9 Å². The average Bonchev–Trinajstić information content (AvgIpc) is 3.13. The molecule has 0 spiro atoms. The molecular weight excluding hydrogens is 338 g/mol. The van der Waals surface area contributed by atoms with Gasteiger partial charge in [0.1, 0.15) is 0 Å². The van der Waals surface area contributed by atoms with Crippen LogP contribution in [0.15, 0.2) is 30.3 Å². The second-order valence-electron chi connectivity index (χ2n) is 6.43. The number of benzene rings is 1. The van der Waals surface area contributed by atoms with Crippen molar-refractivity contribution in [1.29, 1.82) is 0 Å². The lowest BCUT2D eigenvalue weighted by atomic mass is 9.72. The fourth-order valence-electron chi connectivity index (χ4n) is 3.86. The zero-order valence-corrected chi connectivity index (χ0v) is 15.1. The van der Waals surface area contributed by atoms with Crippen LogP contribution in [0.1, 0.15) is 32.3 Å². The van der Waals surface area contributed by atoms with Crippen LogP contribution in [0.3, 0.4) is 0 Å². The van der Waals surface area contributed by atoms with Gasteiger partial charge in [-0.1, -0.05) is 30.3 Å². The molecule has 2 aliphatic rings. The van der Waals surface area contributed by atoms with E-state index in [2.05, 4.69) is 0 Å². The third-order valence-electron chi connectivity index (χ3n) is 4.93. The van der Waals surface area contributed by atoms with E-state index in [-0.39, 0.29) is 31.8 Å². The summed E-state index contributed by atoms with van der Waals surface area (Å²) in [5.41, 5.74) is -1.32. The molecule has 0 bridgehead atoms. The zero-order valence-electron chi connectivity index (χ0n) is 15.1. The third kappa shape index (κ3) is 2.49. The number of ether oxygens (including phenoxy) is 3. The number of fused-ring (bicyclic) bond motifs is 1. The van der Waals surface area contributed by atoms with Crippen LogP contribution in [0.4, 0.5) is 0 Å². The van der Waals surface area contributed by atoms with E-state index in [1.165, 1.54) is 4.90 Å². The maximum atomic E-state index is 13.3. The van der Waals surface area contributed by atoms with Crippen molar-refractivity contribution in [1.82, 2.24) is 4.90 Å². The zero-order chi connectivity index (χ0) is 18.9. The predicted octanol–water partition coefficient (Wildman–Crippen LogP) is 1.47. The first kappa shape index (κ1) is 18.4. The fourth-order valence-corrected chi connectivity index (χ4v) is 3.86. The van der Waals surface area contributed by atoms with Crippen LogP contribution in [0.25, 0.3) is 0 Å². The molecule has 3 rings (SSSR count). The molecule has 26 heavy (non-hydrogen) atoms. The van der Waals surface area contributed by atoms with Crippen molar-refractivity contribution < 1.29 is 28.6 Å². The summed E-state index contributed by atoms with van der Waals surface area (Å²) >= 11 is 0. The summed E-state index contributed by atoms with van der Waals surface area (Å²) in [6.45, 7) is 5.54. The molecule has 7 nitrogen and oxygen atoms in total. The fraction of sp³-hybridized carbons (Fsp3) is 0.526. The first-order valence-electron chi connectivity index (χ1n) is 8.83. The Hall–Kier alpha value is -2.41. The summed E-state index contributed by atoms with van der Waals surface area (Å²) < 4.78 is 16.2. The van der Waals surface area contributed by atoms with Crippen molar-refractivity contribution >= 4 is 17.8 Å². The molecule has 0 saturated carbocycles. The van der Waals surface area contributed by atoms with Crippen molar-refractivity contribution in [3.8, 4) is 0 Å². The molecule has 1 amide bonds. The van der Waals surface area contributed by atoms with Crippen molar-refractivity contribution in [2.45, 2.75) is 39.0 Å². The number of hydrogen-bond donors (Lipinski definition) is 0. The second-order valence-corrected chi connectivity index (χ2v) is 6.43. The van der Waals surface area contributed by atoms with Gasteiger partial charge < -0.3 is 19.1 Å². The van der Waals surface area contributed by atoms with Gasteiger partial charge in [-0.25, -0.2) is 0 Å². The maximum absolute atomic E-state index is 13.3. The minimum absolute atomic E-state index is 0.0813. The summed E-state index contributed by atoms with van der Waals surface area (Å²) in [5, 5.41) is 0. The molecule has 0 radical (unpaired) electrons. The largest absolute Gasteiger partial charge is 0.465 e. The minimum Gasteiger partial charge on any atom is -0.465 e. The van der Waals surface area contributed by atoms with Gasteiger partial charge in [0.2, 0.25) is 11.3 Å². The molecule has 1 aromatic carbocycles. The molecule has 7 heteroatoms. The van der Waals surface area contributed by atoms with Gasteiger partial charge in [0.25, 0.3) is 0 Å². The molecule has 2 aliphatic heterocycles. The molecule has 1 unspecified atom stereocenters. The van der Waals surface area contributed by atoms with Gasteiger partial charge in [0.15, 0.2) is 6.23 Å². The molecule has 0 aliphatic carbocycles. The Morgan fingerprint density at radius 1 is 1.15 bits per heavy atom. The monoisotopic (exact) mass is 361 g/mol. The first-order chi connectivity index (χ1) is 12.5. The molecule has 0 aromatic heterocycles. The smallest absolute Gasteiger partial charge is 0.329 e. The van der Waals surface area contributed by atoms with E-state index in [0.717, 1.165) is 0 Å². The molecule has 2 saturated heterocycles. The van der Waals surface area contributed by atoms with Crippen molar-refractivity contribution in [2.24, 2.45) is 5.41 Å². The summed E-state index contributed by atoms with van der Waals surface area (Å²) in [6.07, 6.45) is -1.03. The van der Waals surface area contributed by atoms with Crippen molar-refractivity contribution in [3.63, 3.8) is 0 Å². The number of carbonyl (C=O) groups excluding carboxylic acids is 3. The number of rotatable bonds is 5. The SMILES string of the molecule is CCOC(=O)C1(C(=O)OCC)C2OC[C@H](C)N2C(=O)[C@@H]1c1ccccc1. The second kappa shape index (κ2) is 7.07. The summed E-state index contributed by atoms with van der Waals surface area (Å²) in [4.78, 5) is 40.9. The lowest BCUT2D eigenvalue weighted by molar-refractivity contribution is -0.184. The highest BCUT2D eigenvalue weighted by atomic mass is 16.6. The first-order valence-corrected chi connectivity index (χ1v) is 8.83. The van der Waals surface area contributed by atoms with E-state index >= 15 is 0 Å². The Labute approximate surface area is 152 Å². The number of amides is 1. The van der Waals surface area contributed by atoms with Gasteiger partial charge in [-0.15, -0.1) is 0 Å². The van der Waals surface area contributed by atoms with E-state index in [0.29, 0.717) is 5.56 Å². The normalized spacial score (nSPS) is 26.5. The Bertz CT molecular complexity index is 685. The Morgan fingerprint density at radius 3 is 2.27 bits per heavy atom. The van der Waals surface area contributed by atoms with Gasteiger partial charge in [-0.3, -0.25) is 14.4 Å². The topological polar surface area (TPSA) is 82.1 Å².